The average Bonchev–Trinajstić information content (AvgIpc) is 3.46. The normalized spacial score (nSPS) is 12.7. The Balaban J connectivity index is 1.64. The predicted octanol–water partition coefficient (Wildman–Crippen LogP) is 7.74. The Hall–Kier alpha value is -4.46. The fourth-order valence-electron chi connectivity index (χ4n) is 7.04. The number of carbonyl (C=O) groups excluding carboxylic acids is 2. The minimum absolute atomic E-state index is 0.0462. The fourth-order valence-corrected chi connectivity index (χ4v) is 7.04. The highest BCUT2D eigenvalue weighted by atomic mass is 16.8. The predicted molar refractivity (Wildman–Crippen MR) is 206 cm³/mol. The number of ether oxygens (including phenoxy) is 8. The van der Waals surface area contributed by atoms with E-state index in [9.17, 15) is 9.59 Å². The van der Waals surface area contributed by atoms with Gasteiger partial charge >= 0.3 is 5.97 Å². The van der Waals surface area contributed by atoms with Gasteiger partial charge in [-0.25, -0.2) is 4.79 Å². The number of carbonyl (C=O) groups is 2. The second kappa shape index (κ2) is 20.5. The van der Waals surface area contributed by atoms with Crippen molar-refractivity contribution in [3.05, 3.63) is 123 Å². The monoisotopic (exact) mass is 756 g/mol. The number of esters is 1. The number of Topliss-reactive ketones (excluding diaryl/α,β-unsaturated/α-hetero) is 1. The summed E-state index contributed by atoms with van der Waals surface area (Å²) in [5.74, 6) is -0.423. The molecule has 0 heterocycles. The third-order valence-electron chi connectivity index (χ3n) is 9.61. The zero-order valence-corrected chi connectivity index (χ0v) is 32.4. The number of ketones is 1. The molecule has 4 aromatic carbocycles. The Morgan fingerprint density at radius 3 is 1.95 bits per heavy atom. The second-order valence-electron chi connectivity index (χ2n) is 13.5. The van der Waals surface area contributed by atoms with Crippen molar-refractivity contribution >= 4 is 11.8 Å². The van der Waals surface area contributed by atoms with Gasteiger partial charge in [0, 0.05) is 12.7 Å². The van der Waals surface area contributed by atoms with Crippen LogP contribution in [0.2, 0.25) is 0 Å². The van der Waals surface area contributed by atoms with Crippen LogP contribution in [0.25, 0.3) is 11.1 Å². The zero-order chi connectivity index (χ0) is 39.2. The van der Waals surface area contributed by atoms with Gasteiger partial charge in [0.15, 0.2) is 26.2 Å². The lowest BCUT2D eigenvalue weighted by Crippen LogP contribution is -2.30. The number of aliphatic hydroxyl groups excluding tert-OH is 1. The molecule has 0 fully saturated rings. The summed E-state index contributed by atoms with van der Waals surface area (Å²) in [5, 5.41) is 8.81. The Bertz CT molecular complexity index is 1850. The van der Waals surface area contributed by atoms with Crippen molar-refractivity contribution in [2.24, 2.45) is 0 Å². The first-order chi connectivity index (χ1) is 26.8. The SMILES string of the molecule is CCCCCCOc1ccc(C2(c3ccc(C)c(C(=O)COCOCOCO)c3)c3cc(C)ccc3-c3ccc(C)cc32)cc1C(=O)OCOCOCOC. The molecular formula is C44H52O11. The highest BCUT2D eigenvalue weighted by Crippen LogP contribution is 2.57. The van der Waals surface area contributed by atoms with E-state index < -0.39 is 18.2 Å². The van der Waals surface area contributed by atoms with E-state index in [0.29, 0.717) is 17.9 Å². The van der Waals surface area contributed by atoms with Crippen LogP contribution >= 0.6 is 0 Å². The van der Waals surface area contributed by atoms with E-state index in [1.54, 1.807) is 0 Å². The van der Waals surface area contributed by atoms with Gasteiger partial charge < -0.3 is 43.0 Å². The maximum absolute atomic E-state index is 13.9. The third-order valence-corrected chi connectivity index (χ3v) is 9.61. The summed E-state index contributed by atoms with van der Waals surface area (Å²) in [5.41, 5.74) is 8.53. The third kappa shape index (κ3) is 9.86. The largest absolute Gasteiger partial charge is 0.493 e. The molecular weight excluding hydrogens is 704 g/mol. The van der Waals surface area contributed by atoms with Crippen molar-refractivity contribution < 1.29 is 52.6 Å². The topological polar surface area (TPSA) is 128 Å². The second-order valence-corrected chi connectivity index (χ2v) is 13.5. The summed E-state index contributed by atoms with van der Waals surface area (Å²) in [7, 11) is 1.51. The lowest BCUT2D eigenvalue weighted by atomic mass is 9.66. The van der Waals surface area contributed by atoms with E-state index >= 15 is 0 Å². The Morgan fingerprint density at radius 1 is 0.655 bits per heavy atom. The molecule has 5 rings (SSSR count). The van der Waals surface area contributed by atoms with E-state index in [1.807, 2.05) is 37.3 Å². The van der Waals surface area contributed by atoms with E-state index in [0.717, 1.165) is 75.8 Å². The first-order valence-corrected chi connectivity index (χ1v) is 18.6. The Morgan fingerprint density at radius 2 is 1.27 bits per heavy atom. The molecule has 0 bridgehead atoms. The van der Waals surface area contributed by atoms with Gasteiger partial charge in [0.25, 0.3) is 0 Å². The summed E-state index contributed by atoms with van der Waals surface area (Å²) >= 11 is 0. The van der Waals surface area contributed by atoms with Crippen LogP contribution in [0.1, 0.15) is 92.3 Å². The first-order valence-electron chi connectivity index (χ1n) is 18.6. The molecule has 1 aliphatic carbocycles. The summed E-state index contributed by atoms with van der Waals surface area (Å²) in [4.78, 5) is 27.7. The summed E-state index contributed by atoms with van der Waals surface area (Å²) in [6.07, 6.45) is 4.06. The lowest BCUT2D eigenvalue weighted by Gasteiger charge is -2.35. The van der Waals surface area contributed by atoms with Crippen LogP contribution in [0.3, 0.4) is 0 Å². The number of aryl methyl sites for hydroxylation is 3. The number of hydrogen-bond acceptors (Lipinski definition) is 11. The van der Waals surface area contributed by atoms with Crippen LogP contribution in [0, 0.1) is 20.8 Å². The molecule has 0 aliphatic heterocycles. The number of hydrogen-bond donors (Lipinski definition) is 1. The highest BCUT2D eigenvalue weighted by Gasteiger charge is 2.47. The molecule has 0 radical (unpaired) electrons. The van der Waals surface area contributed by atoms with Crippen LogP contribution in [-0.4, -0.2) is 77.9 Å². The molecule has 0 unspecified atom stereocenters. The number of unbranched alkanes of at least 4 members (excludes halogenated alkanes) is 3. The van der Waals surface area contributed by atoms with Gasteiger partial charge in [0.2, 0.25) is 0 Å². The van der Waals surface area contributed by atoms with Crippen molar-refractivity contribution in [3.63, 3.8) is 0 Å². The van der Waals surface area contributed by atoms with Crippen molar-refractivity contribution in [2.75, 3.05) is 61.1 Å². The number of methoxy groups -OCH3 is 1. The maximum Gasteiger partial charge on any atom is 0.344 e. The molecule has 294 valence electrons. The summed E-state index contributed by atoms with van der Waals surface area (Å²) in [6.45, 7) is 7.18. The van der Waals surface area contributed by atoms with Crippen LogP contribution in [-0.2, 0) is 38.6 Å². The van der Waals surface area contributed by atoms with Crippen molar-refractivity contribution in [1.29, 1.82) is 0 Å². The van der Waals surface area contributed by atoms with Gasteiger partial charge in [0.1, 0.15) is 38.3 Å². The van der Waals surface area contributed by atoms with Gasteiger partial charge in [0.05, 0.1) is 12.0 Å². The van der Waals surface area contributed by atoms with Gasteiger partial charge in [-0.1, -0.05) is 91.9 Å². The quantitative estimate of drug-likeness (QED) is 0.0304. The molecule has 4 aromatic rings. The minimum atomic E-state index is -0.948. The van der Waals surface area contributed by atoms with Crippen LogP contribution < -0.4 is 4.74 Å². The van der Waals surface area contributed by atoms with Crippen molar-refractivity contribution in [1.82, 2.24) is 0 Å². The first kappa shape index (κ1) is 41.7. The fraction of sp³-hybridized carbons (Fsp3) is 0.409. The number of fused-ring (bicyclic) bond motifs is 3. The molecule has 0 aromatic heterocycles. The van der Waals surface area contributed by atoms with Crippen LogP contribution in [0.5, 0.6) is 5.75 Å². The number of benzene rings is 4. The van der Waals surface area contributed by atoms with Crippen molar-refractivity contribution in [3.8, 4) is 16.9 Å². The highest BCUT2D eigenvalue weighted by molar-refractivity contribution is 5.99. The summed E-state index contributed by atoms with van der Waals surface area (Å²) in [6, 6.07) is 24.5. The molecule has 1 aliphatic rings. The molecule has 0 saturated carbocycles. The standard InChI is InChI=1S/C44H52O11/c1-6-7-8-9-18-54-42-17-14-34(22-38(42)43(47)55-29-53-28-51-25-48-5)44(39-19-30(2)10-15-35(39)36-16-11-31(3)20-40(36)44)33-13-12-32(4)37(21-33)41(46)23-49-26-52-27-50-24-45/h10-17,19-22,45H,6-9,18,23-29H2,1-5H3. The van der Waals surface area contributed by atoms with E-state index in [1.165, 1.54) is 7.11 Å². The molecule has 1 N–H and O–H groups in total. The molecule has 0 saturated heterocycles. The molecule has 0 amide bonds. The van der Waals surface area contributed by atoms with Gasteiger partial charge in [-0.3, -0.25) is 4.79 Å². The lowest BCUT2D eigenvalue weighted by molar-refractivity contribution is -0.154. The number of aliphatic hydroxyl groups is 1. The zero-order valence-electron chi connectivity index (χ0n) is 32.4. The average molecular weight is 757 g/mol. The molecule has 11 nitrogen and oxygen atoms in total. The smallest absolute Gasteiger partial charge is 0.344 e. The molecule has 0 spiro atoms. The van der Waals surface area contributed by atoms with E-state index in [-0.39, 0.29) is 51.9 Å². The maximum atomic E-state index is 13.9. The van der Waals surface area contributed by atoms with Gasteiger partial charge in [-0.2, -0.15) is 0 Å². The van der Waals surface area contributed by atoms with Crippen LogP contribution in [0.4, 0.5) is 0 Å². The van der Waals surface area contributed by atoms with E-state index in [4.69, 9.17) is 43.0 Å². The van der Waals surface area contributed by atoms with Crippen LogP contribution in [0.15, 0.2) is 72.8 Å². The minimum Gasteiger partial charge on any atom is -0.493 e. The van der Waals surface area contributed by atoms with Gasteiger partial charge in [-0.05, 0) is 84.3 Å². The van der Waals surface area contributed by atoms with E-state index in [2.05, 4.69) is 63.2 Å². The Kier molecular flexibility index (Phi) is 15.5. The molecule has 0 atom stereocenters. The Labute approximate surface area is 323 Å². The van der Waals surface area contributed by atoms with Gasteiger partial charge in [-0.15, -0.1) is 0 Å². The number of rotatable bonds is 23. The molecule has 55 heavy (non-hydrogen) atoms. The molecule has 11 heteroatoms. The van der Waals surface area contributed by atoms with Crippen molar-refractivity contribution in [2.45, 2.75) is 58.8 Å². The summed E-state index contributed by atoms with van der Waals surface area (Å²) < 4.78 is 42.8.